The number of benzene rings is 1. The molecule has 88 valence electrons. The molecule has 17 heavy (non-hydrogen) atoms. The quantitative estimate of drug-likeness (QED) is 0.692. The van der Waals surface area contributed by atoms with E-state index in [0.29, 0.717) is 0 Å². The molecule has 0 aliphatic heterocycles. The van der Waals surface area contributed by atoms with E-state index in [1.807, 2.05) is 0 Å². The van der Waals surface area contributed by atoms with E-state index in [1.54, 1.807) is 0 Å². The molecule has 0 heterocycles. The van der Waals surface area contributed by atoms with Crippen LogP contribution in [0.3, 0.4) is 0 Å². The number of allylic oxidation sites excluding steroid dienone is 6. The summed E-state index contributed by atoms with van der Waals surface area (Å²) in [4.78, 5) is 0. The van der Waals surface area contributed by atoms with Crippen LogP contribution in [0.25, 0.3) is 0 Å². The van der Waals surface area contributed by atoms with Crippen LogP contribution in [-0.4, -0.2) is 0 Å². The fraction of sp³-hybridized carbons (Fsp3) is 0.294. The predicted octanol–water partition coefficient (Wildman–Crippen LogP) is 4.80. The monoisotopic (exact) mass is 224 g/mol. The molecule has 2 rings (SSSR count). The lowest BCUT2D eigenvalue weighted by Gasteiger charge is -2.29. The summed E-state index contributed by atoms with van der Waals surface area (Å²) in [5.41, 5.74) is 2.95. The standard InChI is InChI=1S/C17H20/c1-3-4-9-15-10-8-13-17(2,14-15)16-11-6-5-7-12-16/h4-13H,3,14H2,1-2H3. The molecule has 0 saturated carbocycles. The van der Waals surface area contributed by atoms with Gasteiger partial charge in [0.1, 0.15) is 0 Å². The Morgan fingerprint density at radius 1 is 1.24 bits per heavy atom. The molecule has 0 spiro atoms. The van der Waals surface area contributed by atoms with Gasteiger partial charge in [-0.2, -0.15) is 0 Å². The number of hydrogen-bond donors (Lipinski definition) is 0. The Morgan fingerprint density at radius 3 is 2.71 bits per heavy atom. The molecular weight excluding hydrogens is 204 g/mol. The van der Waals surface area contributed by atoms with E-state index < -0.39 is 0 Å². The van der Waals surface area contributed by atoms with Crippen molar-refractivity contribution in [3.05, 3.63) is 71.8 Å². The Bertz CT molecular complexity index is 448. The first-order valence-electron chi connectivity index (χ1n) is 6.35. The first-order valence-corrected chi connectivity index (χ1v) is 6.35. The van der Waals surface area contributed by atoms with Gasteiger partial charge < -0.3 is 0 Å². The van der Waals surface area contributed by atoms with Crippen LogP contribution in [0.2, 0.25) is 0 Å². The first-order chi connectivity index (χ1) is 8.24. The molecule has 0 heteroatoms. The minimum absolute atomic E-state index is 0.142. The van der Waals surface area contributed by atoms with Crippen molar-refractivity contribution in [3.8, 4) is 0 Å². The SMILES string of the molecule is CCC=CC1=CC=CC(C)(c2ccccc2)C1. The molecule has 1 aromatic carbocycles. The minimum atomic E-state index is 0.142. The van der Waals surface area contributed by atoms with Crippen molar-refractivity contribution >= 4 is 0 Å². The summed E-state index contributed by atoms with van der Waals surface area (Å²) < 4.78 is 0. The summed E-state index contributed by atoms with van der Waals surface area (Å²) in [6.07, 6.45) is 13.4. The molecule has 1 aliphatic carbocycles. The van der Waals surface area contributed by atoms with Gasteiger partial charge in [-0.1, -0.05) is 74.6 Å². The number of rotatable bonds is 3. The van der Waals surface area contributed by atoms with E-state index in [0.717, 1.165) is 12.8 Å². The lowest BCUT2D eigenvalue weighted by atomic mass is 9.74. The fourth-order valence-corrected chi connectivity index (χ4v) is 2.33. The van der Waals surface area contributed by atoms with Crippen LogP contribution < -0.4 is 0 Å². The fourth-order valence-electron chi connectivity index (χ4n) is 2.33. The Balaban J connectivity index is 2.23. The second kappa shape index (κ2) is 5.18. The van der Waals surface area contributed by atoms with E-state index >= 15 is 0 Å². The van der Waals surface area contributed by atoms with E-state index in [1.165, 1.54) is 11.1 Å². The van der Waals surface area contributed by atoms with Gasteiger partial charge in [0.15, 0.2) is 0 Å². The number of hydrogen-bond acceptors (Lipinski definition) is 0. The topological polar surface area (TPSA) is 0 Å². The maximum absolute atomic E-state index is 2.31. The largest absolute Gasteiger partial charge is 0.0845 e. The highest BCUT2D eigenvalue weighted by atomic mass is 14.3. The summed E-state index contributed by atoms with van der Waals surface area (Å²) in [5.74, 6) is 0. The maximum Gasteiger partial charge on any atom is 0.0147 e. The molecule has 0 aromatic heterocycles. The van der Waals surface area contributed by atoms with Crippen molar-refractivity contribution in [2.75, 3.05) is 0 Å². The Labute approximate surface area is 104 Å². The average Bonchev–Trinajstić information content (AvgIpc) is 2.38. The summed E-state index contributed by atoms with van der Waals surface area (Å²) in [7, 11) is 0. The van der Waals surface area contributed by atoms with Gasteiger partial charge in [-0.05, 0) is 24.0 Å². The van der Waals surface area contributed by atoms with E-state index in [9.17, 15) is 0 Å². The molecule has 1 aromatic rings. The van der Waals surface area contributed by atoms with E-state index in [-0.39, 0.29) is 5.41 Å². The van der Waals surface area contributed by atoms with Crippen molar-refractivity contribution in [2.24, 2.45) is 0 Å². The van der Waals surface area contributed by atoms with Crippen molar-refractivity contribution in [1.82, 2.24) is 0 Å². The van der Waals surface area contributed by atoms with Gasteiger partial charge >= 0.3 is 0 Å². The highest BCUT2D eigenvalue weighted by molar-refractivity contribution is 5.40. The van der Waals surface area contributed by atoms with Crippen molar-refractivity contribution < 1.29 is 0 Å². The summed E-state index contributed by atoms with van der Waals surface area (Å²) in [6, 6.07) is 10.8. The summed E-state index contributed by atoms with van der Waals surface area (Å²) in [5, 5.41) is 0. The second-order valence-corrected chi connectivity index (χ2v) is 4.87. The third-order valence-electron chi connectivity index (χ3n) is 3.35. The van der Waals surface area contributed by atoms with Gasteiger partial charge in [0.25, 0.3) is 0 Å². The van der Waals surface area contributed by atoms with Crippen molar-refractivity contribution in [3.63, 3.8) is 0 Å². The van der Waals surface area contributed by atoms with Crippen molar-refractivity contribution in [1.29, 1.82) is 0 Å². The van der Waals surface area contributed by atoms with Crippen LogP contribution in [0.15, 0.2) is 66.3 Å². The van der Waals surface area contributed by atoms with Crippen LogP contribution in [0.4, 0.5) is 0 Å². The van der Waals surface area contributed by atoms with Gasteiger partial charge in [-0.3, -0.25) is 0 Å². The van der Waals surface area contributed by atoms with Crippen LogP contribution in [0.1, 0.15) is 32.3 Å². The molecule has 1 unspecified atom stereocenters. The zero-order valence-corrected chi connectivity index (χ0v) is 10.7. The molecule has 0 amide bonds. The van der Waals surface area contributed by atoms with E-state index in [4.69, 9.17) is 0 Å². The normalized spacial score (nSPS) is 24.0. The molecule has 1 atom stereocenters. The molecule has 0 fully saturated rings. The molecule has 0 N–H and O–H groups in total. The van der Waals surface area contributed by atoms with Gasteiger partial charge in [-0.15, -0.1) is 0 Å². The van der Waals surface area contributed by atoms with Gasteiger partial charge in [0.05, 0.1) is 0 Å². The molecule has 0 radical (unpaired) electrons. The van der Waals surface area contributed by atoms with Crippen LogP contribution in [0.5, 0.6) is 0 Å². The molecular formula is C17H20. The molecule has 0 nitrogen and oxygen atoms in total. The average molecular weight is 224 g/mol. The Kier molecular flexibility index (Phi) is 3.63. The van der Waals surface area contributed by atoms with Crippen LogP contribution >= 0.6 is 0 Å². The highest BCUT2D eigenvalue weighted by Crippen LogP contribution is 2.35. The van der Waals surface area contributed by atoms with Crippen molar-refractivity contribution in [2.45, 2.75) is 32.1 Å². The van der Waals surface area contributed by atoms with Gasteiger partial charge in [-0.25, -0.2) is 0 Å². The predicted molar refractivity (Wildman–Crippen MR) is 75.1 cm³/mol. The first kappa shape index (κ1) is 11.9. The van der Waals surface area contributed by atoms with Crippen LogP contribution in [0, 0.1) is 0 Å². The smallest absolute Gasteiger partial charge is 0.0147 e. The summed E-state index contributed by atoms with van der Waals surface area (Å²) >= 11 is 0. The Hall–Kier alpha value is -1.56. The summed E-state index contributed by atoms with van der Waals surface area (Å²) in [6.45, 7) is 4.48. The molecule has 0 bridgehead atoms. The highest BCUT2D eigenvalue weighted by Gasteiger charge is 2.25. The third-order valence-corrected chi connectivity index (χ3v) is 3.35. The molecule has 0 saturated heterocycles. The zero-order chi connectivity index (χ0) is 12.1. The molecule has 1 aliphatic rings. The lowest BCUT2D eigenvalue weighted by Crippen LogP contribution is -2.21. The lowest BCUT2D eigenvalue weighted by molar-refractivity contribution is 0.587. The Morgan fingerprint density at radius 2 is 2.00 bits per heavy atom. The van der Waals surface area contributed by atoms with E-state index in [2.05, 4.69) is 74.6 Å². The zero-order valence-electron chi connectivity index (χ0n) is 10.7. The third kappa shape index (κ3) is 2.76. The minimum Gasteiger partial charge on any atom is -0.0845 e. The maximum atomic E-state index is 2.31. The van der Waals surface area contributed by atoms with Gasteiger partial charge in [0, 0.05) is 5.41 Å². The second-order valence-electron chi connectivity index (χ2n) is 4.87. The van der Waals surface area contributed by atoms with Gasteiger partial charge in [0.2, 0.25) is 0 Å². The van der Waals surface area contributed by atoms with Crippen LogP contribution in [-0.2, 0) is 5.41 Å².